The maximum Gasteiger partial charge on any atom is 0.223 e. The number of ether oxygens (including phenoxy) is 1. The second-order valence-corrected chi connectivity index (χ2v) is 9.04. The molecule has 0 saturated heterocycles. The van der Waals surface area contributed by atoms with Crippen LogP contribution in [-0.4, -0.2) is 31.7 Å². The third kappa shape index (κ3) is 3.18. The fourth-order valence-electron chi connectivity index (χ4n) is 4.40. The van der Waals surface area contributed by atoms with Crippen LogP contribution in [0.15, 0.2) is 30.5 Å². The number of aryl methyl sites for hydroxylation is 1. The van der Waals surface area contributed by atoms with Gasteiger partial charge in [-0.15, -0.1) is 5.10 Å². The molecule has 5 rings (SSSR count). The lowest BCUT2D eigenvalue weighted by Crippen LogP contribution is -2.29. The first kappa shape index (κ1) is 19.7. The smallest absolute Gasteiger partial charge is 0.223 e. The molecule has 0 bridgehead atoms. The second-order valence-electron chi connectivity index (χ2n) is 9.04. The Kier molecular flexibility index (Phi) is 4.37. The Morgan fingerprint density at radius 1 is 1.16 bits per heavy atom. The van der Waals surface area contributed by atoms with Crippen molar-refractivity contribution >= 4 is 22.5 Å². The monoisotopic (exact) mass is 417 g/mol. The molecule has 4 N–H and O–H groups in total. The number of hydrogen-bond donors (Lipinski definition) is 2. The van der Waals surface area contributed by atoms with E-state index in [4.69, 9.17) is 26.2 Å². The maximum atomic E-state index is 6.22. The second kappa shape index (κ2) is 6.88. The molecule has 1 fully saturated rings. The lowest BCUT2D eigenvalue weighted by molar-refractivity contribution is 0.331. The van der Waals surface area contributed by atoms with Crippen molar-refractivity contribution < 1.29 is 4.74 Å². The summed E-state index contributed by atoms with van der Waals surface area (Å²) in [6, 6.07) is 7.92. The molecule has 3 heterocycles. The Morgan fingerprint density at radius 2 is 1.94 bits per heavy atom. The molecule has 0 radical (unpaired) electrons. The van der Waals surface area contributed by atoms with E-state index in [1.807, 2.05) is 38.2 Å². The average Bonchev–Trinajstić information content (AvgIpc) is 3.13. The van der Waals surface area contributed by atoms with E-state index >= 15 is 0 Å². The van der Waals surface area contributed by atoms with Gasteiger partial charge in [0.1, 0.15) is 11.3 Å². The fraction of sp³-hybridized carbons (Fsp3) is 0.391. The number of hydrogen-bond acceptors (Lipinski definition) is 7. The first-order valence-corrected chi connectivity index (χ1v) is 10.5. The van der Waals surface area contributed by atoms with Gasteiger partial charge in [0.15, 0.2) is 11.5 Å². The Balaban J connectivity index is 1.44. The molecule has 0 amide bonds. The topological polar surface area (TPSA) is 117 Å². The van der Waals surface area contributed by atoms with Crippen LogP contribution in [0.5, 0.6) is 5.75 Å². The number of nitrogens with two attached hydrogens (primary N) is 2. The van der Waals surface area contributed by atoms with E-state index in [0.717, 1.165) is 35.3 Å². The predicted octanol–water partition coefficient (Wildman–Crippen LogP) is 3.43. The summed E-state index contributed by atoms with van der Waals surface area (Å²) in [4.78, 5) is 14.1. The van der Waals surface area contributed by atoms with Crippen LogP contribution < -0.4 is 16.2 Å². The van der Waals surface area contributed by atoms with Crippen molar-refractivity contribution in [2.75, 3.05) is 12.8 Å². The maximum absolute atomic E-state index is 6.22. The number of para-hydroxylation sites is 1. The predicted molar refractivity (Wildman–Crippen MR) is 120 cm³/mol. The molecule has 4 aromatic rings. The molecule has 0 unspecified atom stereocenters. The summed E-state index contributed by atoms with van der Waals surface area (Å²) in [5, 5.41) is 5.55. The molecule has 31 heavy (non-hydrogen) atoms. The van der Waals surface area contributed by atoms with Crippen LogP contribution in [0.3, 0.4) is 0 Å². The van der Waals surface area contributed by atoms with Crippen LogP contribution in [-0.2, 0) is 5.54 Å². The fourth-order valence-corrected chi connectivity index (χ4v) is 4.40. The van der Waals surface area contributed by atoms with E-state index in [0.29, 0.717) is 28.8 Å². The van der Waals surface area contributed by atoms with Gasteiger partial charge in [-0.25, -0.2) is 9.97 Å². The molecule has 1 saturated carbocycles. The van der Waals surface area contributed by atoms with Gasteiger partial charge in [0, 0.05) is 34.7 Å². The molecule has 160 valence electrons. The molecule has 0 aliphatic heterocycles. The van der Waals surface area contributed by atoms with Crippen molar-refractivity contribution in [2.45, 2.75) is 51.0 Å². The number of nitrogen functional groups attached to an aromatic ring is 1. The molecule has 3 aromatic heterocycles. The molecule has 0 atom stereocenters. The number of fused-ring (bicyclic) bond motifs is 3. The quantitative estimate of drug-likeness (QED) is 0.522. The average molecular weight is 418 g/mol. The summed E-state index contributed by atoms with van der Waals surface area (Å²) in [5.41, 5.74) is 16.8. The van der Waals surface area contributed by atoms with Gasteiger partial charge in [-0.3, -0.25) is 4.98 Å². The standard InChI is InChI=1S/C23H27N7O/c1-12-8-15(23(2,3)25)11-26-18(12)13-9-14(10-13)20-28-21-16-6-5-7-17(31-4)19(16)27-22(24)30(21)29-20/h5-8,11,13-14H,9-10,25H2,1-4H3,(H2,24,27)/t13-,14+. The first-order chi connectivity index (χ1) is 14.8. The number of nitrogens with zero attached hydrogens (tertiary/aromatic N) is 5. The number of rotatable bonds is 4. The van der Waals surface area contributed by atoms with E-state index in [-0.39, 0.29) is 5.92 Å². The van der Waals surface area contributed by atoms with Crippen LogP contribution in [0.2, 0.25) is 0 Å². The van der Waals surface area contributed by atoms with Crippen LogP contribution in [0.1, 0.15) is 61.2 Å². The lowest BCUT2D eigenvalue weighted by Gasteiger charge is -2.34. The molecular formula is C23H27N7O. The van der Waals surface area contributed by atoms with Gasteiger partial charge < -0.3 is 16.2 Å². The molecular weight excluding hydrogens is 390 g/mol. The van der Waals surface area contributed by atoms with Crippen LogP contribution >= 0.6 is 0 Å². The van der Waals surface area contributed by atoms with Gasteiger partial charge >= 0.3 is 0 Å². The highest BCUT2D eigenvalue weighted by Gasteiger charge is 2.36. The van der Waals surface area contributed by atoms with Crippen LogP contribution in [0.4, 0.5) is 5.95 Å². The zero-order valence-electron chi connectivity index (χ0n) is 18.3. The number of benzene rings is 1. The normalized spacial score (nSPS) is 19.0. The Bertz CT molecular complexity index is 1300. The van der Waals surface area contributed by atoms with Crippen LogP contribution in [0.25, 0.3) is 16.6 Å². The van der Waals surface area contributed by atoms with Crippen molar-refractivity contribution in [3.63, 3.8) is 0 Å². The largest absolute Gasteiger partial charge is 0.494 e. The Morgan fingerprint density at radius 3 is 2.61 bits per heavy atom. The molecule has 1 aliphatic carbocycles. The third-order valence-electron chi connectivity index (χ3n) is 6.28. The van der Waals surface area contributed by atoms with Gasteiger partial charge in [0.05, 0.1) is 7.11 Å². The van der Waals surface area contributed by atoms with Crippen molar-refractivity contribution in [3.05, 3.63) is 53.1 Å². The summed E-state index contributed by atoms with van der Waals surface area (Å²) >= 11 is 0. The van der Waals surface area contributed by atoms with E-state index in [9.17, 15) is 0 Å². The van der Waals surface area contributed by atoms with Gasteiger partial charge in [-0.2, -0.15) is 4.52 Å². The summed E-state index contributed by atoms with van der Waals surface area (Å²) in [6.45, 7) is 6.11. The highest BCUT2D eigenvalue weighted by atomic mass is 16.5. The van der Waals surface area contributed by atoms with E-state index < -0.39 is 5.54 Å². The van der Waals surface area contributed by atoms with Gasteiger partial charge in [0.2, 0.25) is 5.95 Å². The summed E-state index contributed by atoms with van der Waals surface area (Å²) in [7, 11) is 1.62. The molecule has 8 heteroatoms. The number of anilines is 1. The van der Waals surface area contributed by atoms with Gasteiger partial charge in [0.25, 0.3) is 0 Å². The third-order valence-corrected chi connectivity index (χ3v) is 6.28. The van der Waals surface area contributed by atoms with E-state index in [1.165, 1.54) is 5.56 Å². The van der Waals surface area contributed by atoms with E-state index in [2.05, 4.69) is 23.1 Å². The zero-order valence-corrected chi connectivity index (χ0v) is 18.3. The number of methoxy groups -OCH3 is 1. The summed E-state index contributed by atoms with van der Waals surface area (Å²) < 4.78 is 7.06. The van der Waals surface area contributed by atoms with Gasteiger partial charge in [-0.05, 0) is 56.9 Å². The highest BCUT2D eigenvalue weighted by molar-refractivity contribution is 5.95. The van der Waals surface area contributed by atoms with Crippen molar-refractivity contribution in [1.29, 1.82) is 0 Å². The minimum atomic E-state index is -0.391. The van der Waals surface area contributed by atoms with Crippen molar-refractivity contribution in [1.82, 2.24) is 24.6 Å². The molecule has 0 spiro atoms. The lowest BCUT2D eigenvalue weighted by atomic mass is 9.71. The number of aromatic nitrogens is 5. The Labute approximate surface area is 180 Å². The minimum Gasteiger partial charge on any atom is -0.494 e. The molecule has 1 aromatic carbocycles. The zero-order chi connectivity index (χ0) is 21.9. The number of pyridine rings is 1. The van der Waals surface area contributed by atoms with Crippen LogP contribution in [0, 0.1) is 6.92 Å². The van der Waals surface area contributed by atoms with E-state index in [1.54, 1.807) is 11.6 Å². The summed E-state index contributed by atoms with van der Waals surface area (Å²) in [5.74, 6) is 2.46. The minimum absolute atomic E-state index is 0.275. The summed E-state index contributed by atoms with van der Waals surface area (Å²) in [6.07, 6.45) is 3.83. The molecule has 8 nitrogen and oxygen atoms in total. The molecule has 1 aliphatic rings. The van der Waals surface area contributed by atoms with Gasteiger partial charge in [-0.1, -0.05) is 12.1 Å². The SMILES string of the molecule is COc1cccc2c1nc(N)n1nc([C@H]3C[C@@H](c4ncc(C(C)(C)N)cc4C)C3)nc21. The van der Waals surface area contributed by atoms with Crippen molar-refractivity contribution in [3.8, 4) is 5.75 Å². The first-order valence-electron chi connectivity index (χ1n) is 10.5. The van der Waals surface area contributed by atoms with Crippen molar-refractivity contribution in [2.24, 2.45) is 5.73 Å². The highest BCUT2D eigenvalue weighted by Crippen LogP contribution is 2.47. The Hall–Kier alpha value is -3.26.